The summed E-state index contributed by atoms with van der Waals surface area (Å²) in [6.07, 6.45) is 3.89. The maximum absolute atomic E-state index is 12.5. The van der Waals surface area contributed by atoms with Crippen molar-refractivity contribution in [2.75, 3.05) is 25.1 Å². The molecule has 3 rings (SSSR count). The summed E-state index contributed by atoms with van der Waals surface area (Å²) in [6.45, 7) is 4.25. The van der Waals surface area contributed by atoms with Crippen LogP contribution in [0.1, 0.15) is 32.9 Å². The molecular weight excluding hydrogens is 347 g/mol. The fourth-order valence-electron chi connectivity index (χ4n) is 2.61. The van der Waals surface area contributed by atoms with Crippen LogP contribution in [-0.4, -0.2) is 44.6 Å². The van der Waals surface area contributed by atoms with Crippen LogP contribution in [0.5, 0.6) is 0 Å². The molecule has 1 unspecified atom stereocenters. The highest BCUT2D eigenvalue weighted by Gasteiger charge is 2.29. The van der Waals surface area contributed by atoms with E-state index in [9.17, 15) is 4.57 Å². The first-order valence-corrected chi connectivity index (χ1v) is 9.81. The van der Waals surface area contributed by atoms with Crippen molar-refractivity contribution in [3.63, 3.8) is 0 Å². The van der Waals surface area contributed by atoms with Crippen LogP contribution in [0.3, 0.4) is 0 Å². The van der Waals surface area contributed by atoms with Gasteiger partial charge in [0, 0.05) is 12.8 Å². The monoisotopic (exact) mass is 368 g/mol. The Kier molecular flexibility index (Phi) is 5.31. The number of aromatic nitrogens is 4. The van der Waals surface area contributed by atoms with Gasteiger partial charge in [0.2, 0.25) is 6.23 Å². The van der Waals surface area contributed by atoms with Gasteiger partial charge in [-0.3, -0.25) is 9.13 Å². The third-order valence-electron chi connectivity index (χ3n) is 3.74. The highest BCUT2D eigenvalue weighted by atomic mass is 31.2. The van der Waals surface area contributed by atoms with Gasteiger partial charge in [-0.05, 0) is 13.8 Å². The summed E-state index contributed by atoms with van der Waals surface area (Å²) in [5, 5.41) is 4.09. The minimum atomic E-state index is -3.09. The lowest BCUT2D eigenvalue weighted by molar-refractivity contribution is 0.0348. The lowest BCUT2D eigenvalue weighted by Crippen LogP contribution is -2.10. The average Bonchev–Trinajstić information content (AvgIpc) is 3.20. The molecule has 0 saturated carbocycles. The molecule has 0 fully saturated rings. The van der Waals surface area contributed by atoms with Gasteiger partial charge in [-0.15, -0.1) is 0 Å². The molecule has 0 aromatic carbocycles. The number of nitrogen functional groups attached to an aromatic ring is 1. The standard InChI is InChI=1S/C14H21N6O4P/c1-3-22-25(21,23-4-2)6-5-10-7-11(24-19-10)20-9-18-12-13(15)16-8-17-14(12)20/h8-9,11H,3-7H2,1-2H3,(H2,15,16,17). The highest BCUT2D eigenvalue weighted by Crippen LogP contribution is 2.48. The van der Waals surface area contributed by atoms with Crippen molar-refractivity contribution in [3.05, 3.63) is 12.7 Å². The molecule has 0 amide bonds. The van der Waals surface area contributed by atoms with Crippen LogP contribution in [0.15, 0.2) is 17.8 Å². The lowest BCUT2D eigenvalue weighted by Gasteiger charge is -2.16. The van der Waals surface area contributed by atoms with Gasteiger partial charge in [0.25, 0.3) is 0 Å². The first-order chi connectivity index (χ1) is 12.1. The SMILES string of the molecule is CCOP(=O)(CCC1=NOC(n2cnc3c(N)ncnc32)C1)OCC. The van der Waals surface area contributed by atoms with Gasteiger partial charge in [-0.1, -0.05) is 5.16 Å². The molecule has 2 aromatic heterocycles. The Balaban J connectivity index is 1.65. The molecule has 3 heterocycles. The number of oxime groups is 1. The molecule has 0 spiro atoms. The molecule has 136 valence electrons. The van der Waals surface area contributed by atoms with Gasteiger partial charge in [-0.25, -0.2) is 15.0 Å². The highest BCUT2D eigenvalue weighted by molar-refractivity contribution is 7.53. The molecular formula is C14H21N6O4P. The second-order valence-electron chi connectivity index (χ2n) is 5.42. The Morgan fingerprint density at radius 2 is 2.08 bits per heavy atom. The van der Waals surface area contributed by atoms with E-state index in [-0.39, 0.29) is 12.4 Å². The van der Waals surface area contributed by atoms with Crippen LogP contribution in [-0.2, 0) is 18.5 Å². The zero-order valence-electron chi connectivity index (χ0n) is 14.2. The molecule has 2 N–H and O–H groups in total. The summed E-state index contributed by atoms with van der Waals surface area (Å²) in [7, 11) is -3.09. The molecule has 0 aliphatic carbocycles. The smallest absolute Gasteiger partial charge is 0.331 e. The third-order valence-corrected chi connectivity index (χ3v) is 5.81. The fraction of sp³-hybridized carbons (Fsp3) is 0.571. The molecule has 1 aliphatic rings. The van der Waals surface area contributed by atoms with Crippen LogP contribution in [0.4, 0.5) is 5.82 Å². The van der Waals surface area contributed by atoms with E-state index in [0.717, 1.165) is 5.71 Å². The first-order valence-electron chi connectivity index (χ1n) is 8.09. The van der Waals surface area contributed by atoms with Gasteiger partial charge >= 0.3 is 7.60 Å². The van der Waals surface area contributed by atoms with E-state index >= 15 is 0 Å². The van der Waals surface area contributed by atoms with Crippen molar-refractivity contribution >= 4 is 30.3 Å². The van der Waals surface area contributed by atoms with Crippen LogP contribution >= 0.6 is 7.60 Å². The molecule has 2 aromatic rings. The Hall–Kier alpha value is -2.03. The van der Waals surface area contributed by atoms with Gasteiger partial charge < -0.3 is 19.6 Å². The predicted molar refractivity (Wildman–Crippen MR) is 92.3 cm³/mol. The molecule has 1 aliphatic heterocycles. The minimum Gasteiger partial charge on any atom is -0.382 e. The van der Waals surface area contributed by atoms with E-state index in [1.54, 1.807) is 24.7 Å². The Morgan fingerprint density at radius 1 is 1.32 bits per heavy atom. The molecule has 11 heteroatoms. The summed E-state index contributed by atoms with van der Waals surface area (Å²) >= 11 is 0. The molecule has 1 atom stereocenters. The van der Waals surface area contributed by atoms with Crippen molar-refractivity contribution in [1.82, 2.24) is 19.5 Å². The topological polar surface area (TPSA) is 127 Å². The summed E-state index contributed by atoms with van der Waals surface area (Å²) < 4.78 is 24.8. The van der Waals surface area contributed by atoms with E-state index in [1.807, 2.05) is 0 Å². The zero-order chi connectivity index (χ0) is 17.9. The van der Waals surface area contributed by atoms with E-state index in [4.69, 9.17) is 19.6 Å². The van der Waals surface area contributed by atoms with Crippen molar-refractivity contribution in [3.8, 4) is 0 Å². The van der Waals surface area contributed by atoms with Gasteiger partial charge in [0.05, 0.1) is 25.1 Å². The number of hydrogen-bond donors (Lipinski definition) is 1. The van der Waals surface area contributed by atoms with Crippen LogP contribution in [0, 0.1) is 0 Å². The quantitative estimate of drug-likeness (QED) is 0.703. The van der Waals surface area contributed by atoms with Crippen LogP contribution < -0.4 is 5.73 Å². The van der Waals surface area contributed by atoms with E-state index in [0.29, 0.717) is 43.0 Å². The van der Waals surface area contributed by atoms with Crippen molar-refractivity contribution in [1.29, 1.82) is 0 Å². The zero-order valence-corrected chi connectivity index (χ0v) is 15.1. The minimum absolute atomic E-state index is 0.267. The van der Waals surface area contributed by atoms with Gasteiger partial charge in [0.1, 0.15) is 18.2 Å². The second kappa shape index (κ2) is 7.47. The van der Waals surface area contributed by atoms with Gasteiger partial charge in [0.15, 0.2) is 11.5 Å². The van der Waals surface area contributed by atoms with E-state index in [1.165, 1.54) is 6.33 Å². The van der Waals surface area contributed by atoms with Gasteiger partial charge in [-0.2, -0.15) is 0 Å². The lowest BCUT2D eigenvalue weighted by atomic mass is 10.2. The maximum atomic E-state index is 12.5. The number of fused-ring (bicyclic) bond motifs is 1. The Bertz CT molecular complexity index is 813. The summed E-state index contributed by atoms with van der Waals surface area (Å²) in [6, 6.07) is 0. The van der Waals surface area contributed by atoms with Crippen molar-refractivity contribution < 1.29 is 18.5 Å². The predicted octanol–water partition coefficient (Wildman–Crippen LogP) is 2.34. The van der Waals surface area contributed by atoms with Crippen molar-refractivity contribution in [2.45, 2.75) is 32.9 Å². The van der Waals surface area contributed by atoms with Crippen molar-refractivity contribution in [2.24, 2.45) is 5.16 Å². The number of anilines is 1. The molecule has 0 bridgehead atoms. The largest absolute Gasteiger partial charge is 0.382 e. The number of imidazole rings is 1. The molecule has 0 radical (unpaired) electrons. The number of nitrogens with two attached hydrogens (primary N) is 1. The average molecular weight is 368 g/mol. The fourth-order valence-corrected chi connectivity index (χ4v) is 4.27. The third kappa shape index (κ3) is 3.81. The Labute approximate surface area is 144 Å². The van der Waals surface area contributed by atoms with E-state index in [2.05, 4.69) is 20.1 Å². The van der Waals surface area contributed by atoms with E-state index < -0.39 is 7.60 Å². The summed E-state index contributed by atoms with van der Waals surface area (Å²) in [5.74, 6) is 0.317. The molecule has 25 heavy (non-hydrogen) atoms. The number of hydrogen-bond acceptors (Lipinski definition) is 9. The second-order valence-corrected chi connectivity index (χ2v) is 7.61. The Morgan fingerprint density at radius 3 is 2.80 bits per heavy atom. The summed E-state index contributed by atoms with van der Waals surface area (Å²) in [4.78, 5) is 17.8. The van der Waals surface area contributed by atoms with Crippen LogP contribution in [0.2, 0.25) is 0 Å². The molecule has 10 nitrogen and oxygen atoms in total. The van der Waals surface area contributed by atoms with Crippen LogP contribution in [0.25, 0.3) is 11.2 Å². The number of rotatable bonds is 8. The normalized spacial score (nSPS) is 17.7. The molecule has 0 saturated heterocycles. The first kappa shape index (κ1) is 17.8. The summed E-state index contributed by atoms with van der Waals surface area (Å²) in [5.41, 5.74) is 7.69. The maximum Gasteiger partial charge on any atom is 0.331 e. The number of nitrogens with zero attached hydrogens (tertiary/aromatic N) is 5.